The topological polar surface area (TPSA) is 101 Å². The molecule has 6 nitrogen and oxygen atoms in total. The van der Waals surface area contributed by atoms with E-state index in [1.807, 2.05) is 0 Å². The highest BCUT2D eigenvalue weighted by Gasteiger charge is 2.25. The van der Waals surface area contributed by atoms with Gasteiger partial charge in [-0.25, -0.2) is 17.5 Å². The number of carbonyl (C=O) groups excluding carboxylic acids is 1. The van der Waals surface area contributed by atoms with E-state index < -0.39 is 26.3 Å². The fourth-order valence-electron chi connectivity index (χ4n) is 2.27. The third-order valence-electron chi connectivity index (χ3n) is 3.29. The second-order valence-electron chi connectivity index (χ2n) is 6.97. The van der Waals surface area contributed by atoms with Crippen LogP contribution in [0.1, 0.15) is 26.3 Å². The Bertz CT molecular complexity index is 904. The minimum absolute atomic E-state index is 0.0833. The molecule has 0 saturated carbocycles. The van der Waals surface area contributed by atoms with E-state index in [1.165, 1.54) is 6.07 Å². The van der Waals surface area contributed by atoms with Crippen molar-refractivity contribution in [2.45, 2.75) is 37.6 Å². The number of carbonyl (C=O) groups is 1. The van der Waals surface area contributed by atoms with Gasteiger partial charge < -0.3 is 11.1 Å². The van der Waals surface area contributed by atoms with Gasteiger partial charge in [-0.1, -0.05) is 12.1 Å². The van der Waals surface area contributed by atoms with Crippen LogP contribution in [0, 0.1) is 5.82 Å². The van der Waals surface area contributed by atoms with E-state index in [-0.39, 0.29) is 18.0 Å². The molecular formula is C18H22FN3O3S. The summed E-state index contributed by atoms with van der Waals surface area (Å²) < 4.78 is 41.1. The maximum Gasteiger partial charge on any atom is 0.244 e. The molecule has 2 aromatic carbocycles. The molecule has 0 fully saturated rings. The second kappa shape index (κ2) is 7.43. The van der Waals surface area contributed by atoms with Gasteiger partial charge in [0.25, 0.3) is 0 Å². The van der Waals surface area contributed by atoms with Crippen LogP contribution in [0.25, 0.3) is 0 Å². The average molecular weight is 379 g/mol. The maximum atomic E-state index is 14.0. The van der Waals surface area contributed by atoms with Gasteiger partial charge in [-0.05, 0) is 56.7 Å². The Balaban J connectivity index is 2.18. The molecule has 0 bridgehead atoms. The van der Waals surface area contributed by atoms with E-state index in [9.17, 15) is 17.6 Å². The van der Waals surface area contributed by atoms with Gasteiger partial charge >= 0.3 is 0 Å². The van der Waals surface area contributed by atoms with E-state index in [0.717, 1.165) is 17.7 Å². The van der Waals surface area contributed by atoms with Crippen molar-refractivity contribution < 1.29 is 17.6 Å². The summed E-state index contributed by atoms with van der Waals surface area (Å²) in [6.45, 7) is 4.96. The van der Waals surface area contributed by atoms with Crippen LogP contribution >= 0.6 is 0 Å². The lowest BCUT2D eigenvalue weighted by Gasteiger charge is -2.20. The summed E-state index contributed by atoms with van der Waals surface area (Å²) in [4.78, 5) is 11.6. The Labute approximate surface area is 152 Å². The predicted molar refractivity (Wildman–Crippen MR) is 99.7 cm³/mol. The number of hydrogen-bond donors (Lipinski definition) is 3. The number of hydrogen-bond acceptors (Lipinski definition) is 4. The van der Waals surface area contributed by atoms with Crippen molar-refractivity contribution in [2.24, 2.45) is 0 Å². The molecule has 8 heteroatoms. The Kier molecular flexibility index (Phi) is 5.68. The lowest BCUT2D eigenvalue weighted by molar-refractivity contribution is -0.115. The van der Waals surface area contributed by atoms with Gasteiger partial charge in [0.1, 0.15) is 10.7 Å². The Hall–Kier alpha value is -2.45. The minimum atomic E-state index is -4.06. The Morgan fingerprint density at radius 3 is 2.31 bits per heavy atom. The van der Waals surface area contributed by atoms with E-state index in [0.29, 0.717) is 5.69 Å². The molecular weight excluding hydrogens is 357 g/mol. The quantitative estimate of drug-likeness (QED) is 0.695. The molecule has 0 heterocycles. The number of benzene rings is 2. The molecule has 4 N–H and O–H groups in total. The molecule has 2 rings (SSSR count). The van der Waals surface area contributed by atoms with E-state index in [1.54, 1.807) is 45.0 Å². The van der Waals surface area contributed by atoms with Crippen LogP contribution in [0.4, 0.5) is 15.8 Å². The van der Waals surface area contributed by atoms with E-state index in [2.05, 4.69) is 10.0 Å². The van der Waals surface area contributed by atoms with Crippen molar-refractivity contribution in [1.29, 1.82) is 0 Å². The standard InChI is InChI=1S/C18H22FN3O3S/c1-18(2,3)22-26(24,25)16-11-14(8-9-15(16)19)21-17(23)10-12-4-6-13(20)7-5-12/h4-9,11,22H,10,20H2,1-3H3,(H,21,23). The SMILES string of the molecule is CC(C)(C)NS(=O)(=O)c1cc(NC(=O)Cc2ccc(N)cc2)ccc1F. The van der Waals surface area contributed by atoms with Gasteiger partial charge in [0.05, 0.1) is 6.42 Å². The number of rotatable bonds is 5. The lowest BCUT2D eigenvalue weighted by Crippen LogP contribution is -2.40. The minimum Gasteiger partial charge on any atom is -0.399 e. The van der Waals surface area contributed by atoms with Crippen molar-refractivity contribution in [2.75, 3.05) is 11.1 Å². The molecule has 0 aromatic heterocycles. The Morgan fingerprint density at radius 1 is 1.12 bits per heavy atom. The summed E-state index contributed by atoms with van der Waals surface area (Å²) in [7, 11) is -4.06. The fourth-order valence-corrected chi connectivity index (χ4v) is 3.79. The summed E-state index contributed by atoms with van der Waals surface area (Å²) in [5.74, 6) is -1.24. The van der Waals surface area contributed by atoms with Gasteiger partial charge in [0.2, 0.25) is 15.9 Å². The molecule has 0 aliphatic carbocycles. The number of sulfonamides is 1. The molecule has 26 heavy (non-hydrogen) atoms. The molecule has 140 valence electrons. The highest BCUT2D eigenvalue weighted by Crippen LogP contribution is 2.21. The van der Waals surface area contributed by atoms with Crippen LogP contribution in [-0.4, -0.2) is 19.9 Å². The third kappa shape index (κ3) is 5.53. The molecule has 0 spiro atoms. The summed E-state index contributed by atoms with van der Waals surface area (Å²) in [5.41, 5.74) is 6.37. The Morgan fingerprint density at radius 2 is 1.73 bits per heavy atom. The smallest absolute Gasteiger partial charge is 0.244 e. The third-order valence-corrected chi connectivity index (χ3v) is 5.06. The highest BCUT2D eigenvalue weighted by atomic mass is 32.2. The van der Waals surface area contributed by atoms with Crippen LogP contribution in [0.5, 0.6) is 0 Å². The first kappa shape index (κ1) is 19.9. The van der Waals surface area contributed by atoms with E-state index in [4.69, 9.17) is 5.73 Å². The van der Waals surface area contributed by atoms with Crippen LogP contribution in [-0.2, 0) is 21.2 Å². The zero-order valence-corrected chi connectivity index (χ0v) is 15.7. The molecule has 2 aromatic rings. The number of nitrogens with one attached hydrogen (secondary N) is 2. The normalized spacial score (nSPS) is 12.0. The molecule has 0 atom stereocenters. The second-order valence-corrected chi connectivity index (χ2v) is 8.62. The van der Waals surface area contributed by atoms with Crippen LogP contribution in [0.2, 0.25) is 0 Å². The van der Waals surface area contributed by atoms with Gasteiger partial charge in [-0.3, -0.25) is 4.79 Å². The molecule has 0 aliphatic heterocycles. The first-order chi connectivity index (χ1) is 12.0. The average Bonchev–Trinajstić information content (AvgIpc) is 2.49. The molecule has 0 aliphatic rings. The van der Waals surface area contributed by atoms with Crippen LogP contribution < -0.4 is 15.8 Å². The van der Waals surface area contributed by atoms with Crippen molar-refractivity contribution in [3.63, 3.8) is 0 Å². The van der Waals surface area contributed by atoms with Crippen molar-refractivity contribution in [3.8, 4) is 0 Å². The molecule has 0 unspecified atom stereocenters. The van der Waals surface area contributed by atoms with E-state index >= 15 is 0 Å². The molecule has 0 saturated heterocycles. The molecule has 1 amide bonds. The number of nitrogen functional groups attached to an aromatic ring is 1. The zero-order chi connectivity index (χ0) is 19.5. The lowest BCUT2D eigenvalue weighted by atomic mass is 10.1. The monoisotopic (exact) mass is 379 g/mol. The summed E-state index contributed by atoms with van der Waals surface area (Å²) >= 11 is 0. The van der Waals surface area contributed by atoms with Crippen LogP contribution in [0.15, 0.2) is 47.4 Å². The first-order valence-corrected chi connectivity index (χ1v) is 9.42. The largest absolute Gasteiger partial charge is 0.399 e. The summed E-state index contributed by atoms with van der Waals surface area (Å²) in [6.07, 6.45) is 0.0833. The van der Waals surface area contributed by atoms with Gasteiger partial charge in [0.15, 0.2) is 0 Å². The zero-order valence-electron chi connectivity index (χ0n) is 14.8. The van der Waals surface area contributed by atoms with Crippen LogP contribution in [0.3, 0.4) is 0 Å². The summed E-state index contributed by atoms with van der Waals surface area (Å²) in [5, 5.41) is 2.58. The number of nitrogens with two attached hydrogens (primary N) is 1. The fraction of sp³-hybridized carbons (Fsp3) is 0.278. The van der Waals surface area contributed by atoms with Gasteiger partial charge in [-0.15, -0.1) is 0 Å². The number of amides is 1. The van der Waals surface area contributed by atoms with Gasteiger partial charge in [-0.2, -0.15) is 0 Å². The van der Waals surface area contributed by atoms with Crippen molar-refractivity contribution in [3.05, 3.63) is 53.8 Å². The van der Waals surface area contributed by atoms with Gasteiger partial charge in [0, 0.05) is 16.9 Å². The predicted octanol–water partition coefficient (Wildman–Crippen LogP) is 2.67. The molecule has 0 radical (unpaired) electrons. The summed E-state index contributed by atoms with van der Waals surface area (Å²) in [6, 6.07) is 10.2. The van der Waals surface area contributed by atoms with Crippen molar-refractivity contribution in [1.82, 2.24) is 4.72 Å². The number of anilines is 2. The van der Waals surface area contributed by atoms with Crippen molar-refractivity contribution >= 4 is 27.3 Å². The highest BCUT2D eigenvalue weighted by molar-refractivity contribution is 7.89. The maximum absolute atomic E-state index is 14.0. The number of halogens is 1. The first-order valence-electron chi connectivity index (χ1n) is 7.94.